The highest BCUT2D eigenvalue weighted by Crippen LogP contribution is 2.40. The summed E-state index contributed by atoms with van der Waals surface area (Å²) in [5, 5.41) is 2.16. The standard InChI is InChI=1S/C27H33N7O2S2/c35-38(36,34(18-25-28-9-10-29-25)19-26-30-11-12-31-26)24-5-3-22(4-6-24)16-32-13-7-27(20-32)8-14-33(21-27)17-23-2-1-15-37-23/h1-6,9-12,15H,7-8,13-14,16-21H2,(H,28,29)(H,30,31). The van der Waals surface area contributed by atoms with E-state index in [2.05, 4.69) is 47.2 Å². The summed E-state index contributed by atoms with van der Waals surface area (Å²) >= 11 is 1.84. The fourth-order valence-electron chi connectivity index (χ4n) is 5.78. The van der Waals surface area contributed by atoms with Gasteiger partial charge >= 0.3 is 0 Å². The van der Waals surface area contributed by atoms with Crippen molar-refractivity contribution in [1.29, 1.82) is 0 Å². The minimum absolute atomic E-state index is 0.136. The number of imidazole rings is 2. The first kappa shape index (κ1) is 25.4. The number of sulfonamides is 1. The van der Waals surface area contributed by atoms with E-state index in [1.54, 1.807) is 36.9 Å². The van der Waals surface area contributed by atoms with Gasteiger partial charge in [0, 0.05) is 55.8 Å². The number of benzene rings is 1. The second kappa shape index (κ2) is 10.7. The Morgan fingerprint density at radius 1 is 0.895 bits per heavy atom. The van der Waals surface area contributed by atoms with Crippen molar-refractivity contribution in [1.82, 2.24) is 34.0 Å². The number of H-pyrrole nitrogens is 2. The third-order valence-electron chi connectivity index (χ3n) is 7.72. The minimum Gasteiger partial charge on any atom is -0.347 e. The summed E-state index contributed by atoms with van der Waals surface area (Å²) in [5.41, 5.74) is 1.52. The van der Waals surface area contributed by atoms with Crippen LogP contribution in [0.15, 0.2) is 71.5 Å². The summed E-state index contributed by atoms with van der Waals surface area (Å²) in [6.45, 7) is 6.71. The topological polar surface area (TPSA) is 101 Å². The summed E-state index contributed by atoms with van der Waals surface area (Å²) in [6, 6.07) is 11.7. The second-order valence-electron chi connectivity index (χ2n) is 10.5. The zero-order valence-electron chi connectivity index (χ0n) is 21.3. The summed E-state index contributed by atoms with van der Waals surface area (Å²) in [6.07, 6.45) is 9.12. The van der Waals surface area contributed by atoms with Crippen LogP contribution in [0.4, 0.5) is 0 Å². The van der Waals surface area contributed by atoms with Crippen LogP contribution in [0.3, 0.4) is 0 Å². The van der Waals surface area contributed by atoms with Gasteiger partial charge in [0.15, 0.2) is 0 Å². The molecule has 1 spiro atoms. The van der Waals surface area contributed by atoms with E-state index < -0.39 is 10.0 Å². The number of nitrogens with one attached hydrogen (secondary N) is 2. The largest absolute Gasteiger partial charge is 0.347 e. The molecule has 0 aliphatic carbocycles. The van der Waals surface area contributed by atoms with E-state index in [0.717, 1.165) is 31.7 Å². The van der Waals surface area contributed by atoms with Crippen molar-refractivity contribution in [2.45, 2.75) is 43.9 Å². The van der Waals surface area contributed by atoms with Crippen LogP contribution >= 0.6 is 11.3 Å². The minimum atomic E-state index is -3.75. The molecule has 2 N–H and O–H groups in total. The highest BCUT2D eigenvalue weighted by Gasteiger charge is 2.43. The molecule has 1 aromatic carbocycles. The predicted octanol–water partition coefficient (Wildman–Crippen LogP) is 3.68. The number of thiophene rings is 1. The van der Waals surface area contributed by atoms with Crippen LogP contribution in [0.2, 0.25) is 0 Å². The van der Waals surface area contributed by atoms with E-state index >= 15 is 0 Å². The van der Waals surface area contributed by atoms with Crippen molar-refractivity contribution in [2.24, 2.45) is 5.41 Å². The number of hydrogen-bond acceptors (Lipinski definition) is 7. The molecule has 3 aromatic heterocycles. The van der Waals surface area contributed by atoms with Gasteiger partial charge in [-0.2, -0.15) is 4.31 Å². The van der Waals surface area contributed by atoms with Crippen molar-refractivity contribution in [2.75, 3.05) is 26.2 Å². The van der Waals surface area contributed by atoms with E-state index in [1.807, 2.05) is 23.5 Å². The van der Waals surface area contributed by atoms with Gasteiger partial charge in [-0.05, 0) is 60.5 Å². The molecule has 0 bridgehead atoms. The maximum absolute atomic E-state index is 13.6. The third kappa shape index (κ3) is 5.62. The van der Waals surface area contributed by atoms with Crippen LogP contribution < -0.4 is 0 Å². The Morgan fingerprint density at radius 2 is 1.53 bits per heavy atom. The van der Waals surface area contributed by atoms with Gasteiger partial charge in [0.2, 0.25) is 10.0 Å². The van der Waals surface area contributed by atoms with Gasteiger partial charge < -0.3 is 9.97 Å². The van der Waals surface area contributed by atoms with Crippen molar-refractivity contribution in [3.05, 3.63) is 88.7 Å². The average molecular weight is 552 g/mol. The van der Waals surface area contributed by atoms with Crippen LogP contribution in [0.25, 0.3) is 0 Å². The van der Waals surface area contributed by atoms with Crippen LogP contribution in [0.1, 0.15) is 34.9 Å². The number of hydrogen-bond donors (Lipinski definition) is 2. The maximum atomic E-state index is 13.6. The summed E-state index contributed by atoms with van der Waals surface area (Å²) in [7, 11) is -3.75. The Kier molecular flexibility index (Phi) is 7.19. The van der Waals surface area contributed by atoms with Gasteiger partial charge in [0.1, 0.15) is 11.6 Å². The molecule has 2 saturated heterocycles. The average Bonchev–Trinajstić information content (AvgIpc) is 3.74. The fourth-order valence-corrected chi connectivity index (χ4v) is 7.89. The Morgan fingerprint density at radius 3 is 2.08 bits per heavy atom. The summed E-state index contributed by atoms with van der Waals surface area (Å²) in [4.78, 5) is 21.3. The number of aromatic amines is 2. The van der Waals surface area contributed by atoms with Crippen molar-refractivity contribution in [3.63, 3.8) is 0 Å². The molecule has 2 fully saturated rings. The van der Waals surface area contributed by atoms with Crippen LogP contribution in [-0.2, 0) is 36.2 Å². The number of nitrogens with zero attached hydrogens (tertiary/aromatic N) is 5. The van der Waals surface area contributed by atoms with Crippen LogP contribution in [-0.4, -0.2) is 68.6 Å². The first-order valence-electron chi connectivity index (χ1n) is 13.0. The zero-order valence-corrected chi connectivity index (χ0v) is 22.9. The smallest absolute Gasteiger partial charge is 0.243 e. The Balaban J connectivity index is 1.09. The Labute approximate surface area is 227 Å². The van der Waals surface area contributed by atoms with Gasteiger partial charge in [0.25, 0.3) is 0 Å². The molecule has 200 valence electrons. The van der Waals surface area contributed by atoms with E-state index in [1.165, 1.54) is 35.1 Å². The molecule has 1 unspecified atom stereocenters. The number of rotatable bonds is 10. The lowest BCUT2D eigenvalue weighted by Gasteiger charge is -2.25. The molecular weight excluding hydrogens is 518 g/mol. The molecule has 1 atom stereocenters. The van der Waals surface area contributed by atoms with E-state index in [-0.39, 0.29) is 18.0 Å². The third-order valence-corrected chi connectivity index (χ3v) is 10.4. The molecule has 6 rings (SSSR count). The molecule has 2 aliphatic rings. The Bertz CT molecular complexity index is 1370. The molecule has 0 amide bonds. The highest BCUT2D eigenvalue weighted by molar-refractivity contribution is 7.89. The van der Waals surface area contributed by atoms with Gasteiger partial charge in [-0.3, -0.25) is 9.80 Å². The van der Waals surface area contributed by atoms with E-state index in [0.29, 0.717) is 17.1 Å². The maximum Gasteiger partial charge on any atom is 0.243 e. The van der Waals surface area contributed by atoms with Crippen LogP contribution in [0.5, 0.6) is 0 Å². The monoisotopic (exact) mass is 551 g/mol. The summed E-state index contributed by atoms with van der Waals surface area (Å²) < 4.78 is 28.6. The van der Waals surface area contributed by atoms with Crippen molar-refractivity contribution >= 4 is 21.4 Å². The lowest BCUT2D eigenvalue weighted by molar-refractivity contribution is 0.235. The lowest BCUT2D eigenvalue weighted by Crippen LogP contribution is -2.31. The first-order valence-corrected chi connectivity index (χ1v) is 15.3. The molecule has 0 saturated carbocycles. The quantitative estimate of drug-likeness (QED) is 0.312. The highest BCUT2D eigenvalue weighted by atomic mass is 32.2. The van der Waals surface area contributed by atoms with E-state index in [9.17, 15) is 8.42 Å². The molecule has 11 heteroatoms. The molecule has 4 aromatic rings. The van der Waals surface area contributed by atoms with Gasteiger partial charge in [-0.25, -0.2) is 18.4 Å². The van der Waals surface area contributed by atoms with E-state index in [4.69, 9.17) is 0 Å². The molecule has 9 nitrogen and oxygen atoms in total. The molecule has 2 aliphatic heterocycles. The van der Waals surface area contributed by atoms with Gasteiger partial charge in [-0.15, -0.1) is 11.3 Å². The lowest BCUT2D eigenvalue weighted by atomic mass is 9.86. The van der Waals surface area contributed by atoms with Crippen LogP contribution in [0, 0.1) is 5.41 Å². The number of likely N-dealkylation sites (tertiary alicyclic amines) is 2. The van der Waals surface area contributed by atoms with Gasteiger partial charge in [0.05, 0.1) is 18.0 Å². The molecule has 5 heterocycles. The molecule has 38 heavy (non-hydrogen) atoms. The first-order chi connectivity index (χ1) is 18.5. The fraction of sp³-hybridized carbons (Fsp3) is 0.407. The SMILES string of the molecule is O=S(=O)(c1ccc(CN2CCC3(CCN(Cc4cccs4)C3)C2)cc1)N(Cc1ncc[nH]1)Cc1ncc[nH]1. The normalized spacial score (nSPS) is 20.8. The second-order valence-corrected chi connectivity index (χ2v) is 13.5. The summed E-state index contributed by atoms with van der Waals surface area (Å²) in [5.74, 6) is 1.17. The predicted molar refractivity (Wildman–Crippen MR) is 147 cm³/mol. The molecular formula is C27H33N7O2S2. The van der Waals surface area contributed by atoms with Crippen molar-refractivity contribution < 1.29 is 8.42 Å². The molecule has 0 radical (unpaired) electrons. The van der Waals surface area contributed by atoms with Crippen molar-refractivity contribution in [3.8, 4) is 0 Å². The zero-order chi connectivity index (χ0) is 26.0. The number of aromatic nitrogens is 4. The van der Waals surface area contributed by atoms with Gasteiger partial charge in [-0.1, -0.05) is 18.2 Å². The Hall–Kier alpha value is -2.83.